The SMILES string of the molecule is C[C@@H](OC1CCC(N(C)Cc2ncn[nH]2)C1c1ccc(F)cc1)c1cc(C(F)(F)F)cc(C(F)(F)F)c1. The maximum Gasteiger partial charge on any atom is 0.416 e. The number of likely N-dealkylation sites (N-methyl/N-ethyl adjacent to an activating group) is 1. The maximum absolute atomic E-state index is 13.6. The van der Waals surface area contributed by atoms with Crippen LogP contribution in [0.3, 0.4) is 0 Å². The summed E-state index contributed by atoms with van der Waals surface area (Å²) in [6.07, 6.45) is -8.97. The lowest BCUT2D eigenvalue weighted by atomic mass is 9.91. The van der Waals surface area contributed by atoms with E-state index in [1.54, 1.807) is 12.1 Å². The van der Waals surface area contributed by atoms with Crippen molar-refractivity contribution in [1.29, 1.82) is 0 Å². The molecule has 1 aromatic heterocycles. The summed E-state index contributed by atoms with van der Waals surface area (Å²) in [6.45, 7) is 1.86. The van der Waals surface area contributed by atoms with Crippen LogP contribution in [0, 0.1) is 5.82 Å². The molecule has 1 fully saturated rings. The number of H-pyrrole nitrogens is 1. The van der Waals surface area contributed by atoms with Gasteiger partial charge in [0.15, 0.2) is 0 Å². The number of aromatic nitrogens is 3. The Morgan fingerprint density at radius 2 is 1.62 bits per heavy atom. The third kappa shape index (κ3) is 6.30. The molecule has 0 spiro atoms. The van der Waals surface area contributed by atoms with Crippen LogP contribution in [0.1, 0.15) is 59.9 Å². The van der Waals surface area contributed by atoms with Gasteiger partial charge in [-0.15, -0.1) is 0 Å². The zero-order valence-electron chi connectivity index (χ0n) is 19.9. The molecule has 4 atom stereocenters. The van der Waals surface area contributed by atoms with Gasteiger partial charge in [0.1, 0.15) is 18.0 Å². The molecular weight excluding hydrogens is 505 g/mol. The minimum atomic E-state index is -4.95. The number of ether oxygens (including phenoxy) is 1. The highest BCUT2D eigenvalue weighted by atomic mass is 19.4. The number of halogens is 7. The Kier molecular flexibility index (Phi) is 7.61. The van der Waals surface area contributed by atoms with Gasteiger partial charge in [-0.25, -0.2) is 9.37 Å². The lowest BCUT2D eigenvalue weighted by molar-refractivity contribution is -0.143. The standard InChI is InChI=1S/C25H25F7N4O/c1-14(16-9-17(24(27,28)29)11-18(10-16)25(30,31)32)37-21-8-7-20(36(2)12-22-33-13-34-35-22)23(21)15-3-5-19(26)6-4-15/h3-6,9-11,13-14,20-21,23H,7-8,12H2,1-2H3,(H,33,34,35)/t14-,20?,21?,23?/m1/s1. The van der Waals surface area contributed by atoms with E-state index in [0.717, 1.165) is 5.56 Å². The topological polar surface area (TPSA) is 54.0 Å². The Morgan fingerprint density at radius 3 is 2.16 bits per heavy atom. The molecule has 0 saturated heterocycles. The minimum absolute atomic E-state index is 0.0988. The first kappa shape index (κ1) is 27.1. The van der Waals surface area contributed by atoms with Gasteiger partial charge in [-0.1, -0.05) is 12.1 Å². The first-order chi connectivity index (χ1) is 17.3. The number of hydrogen-bond donors (Lipinski definition) is 1. The molecule has 200 valence electrons. The predicted octanol–water partition coefficient (Wildman–Crippen LogP) is 6.51. The Hall–Kier alpha value is -2.99. The van der Waals surface area contributed by atoms with E-state index in [0.29, 0.717) is 37.3 Å². The monoisotopic (exact) mass is 530 g/mol. The quantitative estimate of drug-likeness (QED) is 0.354. The Balaban J connectivity index is 1.63. The van der Waals surface area contributed by atoms with E-state index >= 15 is 0 Å². The largest absolute Gasteiger partial charge is 0.416 e. The number of nitrogens with zero attached hydrogens (tertiary/aromatic N) is 3. The number of benzene rings is 2. The van der Waals surface area contributed by atoms with Crippen LogP contribution >= 0.6 is 0 Å². The lowest BCUT2D eigenvalue weighted by Crippen LogP contribution is -2.36. The highest BCUT2D eigenvalue weighted by Crippen LogP contribution is 2.43. The molecule has 0 aliphatic heterocycles. The highest BCUT2D eigenvalue weighted by Gasteiger charge is 2.42. The van der Waals surface area contributed by atoms with Crippen molar-refractivity contribution < 1.29 is 35.5 Å². The third-order valence-corrected chi connectivity index (χ3v) is 6.71. The van der Waals surface area contributed by atoms with Gasteiger partial charge in [-0.3, -0.25) is 10.00 Å². The summed E-state index contributed by atoms with van der Waals surface area (Å²) >= 11 is 0. The zero-order chi connectivity index (χ0) is 27.0. The van der Waals surface area contributed by atoms with Gasteiger partial charge in [-0.05, 0) is 68.3 Å². The van der Waals surface area contributed by atoms with E-state index in [9.17, 15) is 30.7 Å². The van der Waals surface area contributed by atoms with E-state index in [2.05, 4.69) is 15.2 Å². The second-order valence-electron chi connectivity index (χ2n) is 9.23. The van der Waals surface area contributed by atoms with Crippen molar-refractivity contribution in [3.05, 3.63) is 82.7 Å². The summed E-state index contributed by atoms with van der Waals surface area (Å²) in [5.74, 6) is -0.117. The molecule has 1 aliphatic rings. The molecule has 3 unspecified atom stereocenters. The van der Waals surface area contributed by atoms with Gasteiger partial charge in [0, 0.05) is 12.0 Å². The average Bonchev–Trinajstić information content (AvgIpc) is 3.48. The number of aromatic amines is 1. The fourth-order valence-corrected chi connectivity index (χ4v) is 4.93. The van der Waals surface area contributed by atoms with Crippen LogP contribution in [-0.2, 0) is 23.6 Å². The molecule has 1 N–H and O–H groups in total. The van der Waals surface area contributed by atoms with Gasteiger partial charge >= 0.3 is 12.4 Å². The first-order valence-electron chi connectivity index (χ1n) is 11.6. The van der Waals surface area contributed by atoms with Gasteiger partial charge in [0.05, 0.1) is 29.9 Å². The Bertz CT molecular complexity index is 1150. The van der Waals surface area contributed by atoms with Crippen LogP contribution < -0.4 is 0 Å². The minimum Gasteiger partial charge on any atom is -0.370 e. The van der Waals surface area contributed by atoms with Crippen LogP contribution in [0.5, 0.6) is 0 Å². The van der Waals surface area contributed by atoms with Crippen LogP contribution in [0.15, 0.2) is 48.8 Å². The summed E-state index contributed by atoms with van der Waals surface area (Å²) < 4.78 is 99.9. The summed E-state index contributed by atoms with van der Waals surface area (Å²) in [6, 6.07) is 7.22. The molecule has 2 aromatic carbocycles. The molecule has 1 heterocycles. The van der Waals surface area contributed by atoms with Crippen molar-refractivity contribution >= 4 is 0 Å². The second kappa shape index (κ2) is 10.4. The fourth-order valence-electron chi connectivity index (χ4n) is 4.93. The number of alkyl halides is 6. The van der Waals surface area contributed by atoms with Crippen molar-refractivity contribution in [3.8, 4) is 0 Å². The second-order valence-corrected chi connectivity index (χ2v) is 9.23. The average molecular weight is 530 g/mol. The normalized spacial score (nSPS) is 21.5. The van der Waals surface area contributed by atoms with E-state index in [1.165, 1.54) is 25.4 Å². The molecule has 37 heavy (non-hydrogen) atoms. The molecule has 4 rings (SSSR count). The molecule has 0 radical (unpaired) electrons. The molecule has 0 amide bonds. The molecule has 1 aliphatic carbocycles. The van der Waals surface area contributed by atoms with Gasteiger partial charge in [0.2, 0.25) is 0 Å². The van der Waals surface area contributed by atoms with E-state index in [1.807, 2.05) is 11.9 Å². The summed E-state index contributed by atoms with van der Waals surface area (Å²) in [5, 5.41) is 6.62. The van der Waals surface area contributed by atoms with E-state index in [4.69, 9.17) is 4.74 Å². The number of nitrogens with one attached hydrogen (secondary N) is 1. The van der Waals surface area contributed by atoms with Crippen molar-refractivity contribution in [1.82, 2.24) is 20.1 Å². The van der Waals surface area contributed by atoms with E-state index < -0.39 is 41.5 Å². The molecular formula is C25H25F7N4O. The molecule has 1 saturated carbocycles. The van der Waals surface area contributed by atoms with Crippen molar-refractivity contribution in [2.45, 2.75) is 62.8 Å². The molecule has 3 aromatic rings. The van der Waals surface area contributed by atoms with Crippen molar-refractivity contribution in [3.63, 3.8) is 0 Å². The lowest BCUT2D eigenvalue weighted by Gasteiger charge is -2.33. The predicted molar refractivity (Wildman–Crippen MR) is 120 cm³/mol. The summed E-state index contributed by atoms with van der Waals surface area (Å²) in [7, 11) is 1.87. The summed E-state index contributed by atoms with van der Waals surface area (Å²) in [4.78, 5) is 6.15. The van der Waals surface area contributed by atoms with Gasteiger partial charge in [0.25, 0.3) is 0 Å². The van der Waals surface area contributed by atoms with Crippen LogP contribution in [0.2, 0.25) is 0 Å². The molecule has 12 heteroatoms. The van der Waals surface area contributed by atoms with Crippen LogP contribution in [0.25, 0.3) is 0 Å². The molecule has 0 bridgehead atoms. The van der Waals surface area contributed by atoms with Gasteiger partial charge in [-0.2, -0.15) is 31.4 Å². The first-order valence-corrected chi connectivity index (χ1v) is 11.6. The fraction of sp³-hybridized carbons (Fsp3) is 0.440. The number of hydrogen-bond acceptors (Lipinski definition) is 4. The third-order valence-electron chi connectivity index (χ3n) is 6.71. The Labute approximate surface area is 208 Å². The molecule has 5 nitrogen and oxygen atoms in total. The van der Waals surface area contributed by atoms with Crippen LogP contribution in [0.4, 0.5) is 30.7 Å². The van der Waals surface area contributed by atoms with Crippen LogP contribution in [-0.4, -0.2) is 39.3 Å². The van der Waals surface area contributed by atoms with E-state index in [-0.39, 0.29) is 23.6 Å². The summed E-state index contributed by atoms with van der Waals surface area (Å²) in [5.41, 5.74) is -2.25. The van der Waals surface area contributed by atoms with Crippen molar-refractivity contribution in [2.75, 3.05) is 7.05 Å². The van der Waals surface area contributed by atoms with Gasteiger partial charge < -0.3 is 4.74 Å². The maximum atomic E-state index is 13.6. The smallest absolute Gasteiger partial charge is 0.370 e. The number of rotatable bonds is 7. The highest BCUT2D eigenvalue weighted by molar-refractivity contribution is 5.35. The van der Waals surface area contributed by atoms with Crippen molar-refractivity contribution in [2.24, 2.45) is 0 Å². The Morgan fingerprint density at radius 1 is 1.00 bits per heavy atom. The zero-order valence-corrected chi connectivity index (χ0v) is 19.9.